The van der Waals surface area contributed by atoms with E-state index in [-0.39, 0.29) is 12.0 Å². The Balaban J connectivity index is 2.35. The minimum Gasteiger partial charge on any atom is -0.364 e. The maximum Gasteiger partial charge on any atom is 0.249 e. The number of nitrogens with two attached hydrogens (primary N) is 1. The summed E-state index contributed by atoms with van der Waals surface area (Å²) in [4.78, 5) is 11.7. The summed E-state index contributed by atoms with van der Waals surface area (Å²) in [6.45, 7) is 4.36. The maximum atomic E-state index is 11.7. The Kier molecular flexibility index (Phi) is 4.27. The second kappa shape index (κ2) is 5.28. The molecule has 0 aromatic rings. The van der Waals surface area contributed by atoms with Crippen molar-refractivity contribution in [1.82, 2.24) is 5.32 Å². The zero-order valence-corrected chi connectivity index (χ0v) is 9.82. The van der Waals surface area contributed by atoms with Crippen molar-refractivity contribution in [3.63, 3.8) is 0 Å². The summed E-state index contributed by atoms with van der Waals surface area (Å²) in [5.41, 5.74) is 4.92. The molecular weight excluding hydrogens is 206 g/mol. The van der Waals surface area contributed by atoms with E-state index in [0.717, 1.165) is 6.42 Å². The molecule has 0 spiro atoms. The highest BCUT2D eigenvalue weighted by Crippen LogP contribution is 2.19. The third-order valence-electron chi connectivity index (χ3n) is 2.67. The van der Waals surface area contributed by atoms with Crippen LogP contribution in [0.4, 0.5) is 0 Å². The zero-order chi connectivity index (χ0) is 12.2. The Morgan fingerprint density at radius 3 is 2.81 bits per heavy atom. The summed E-state index contributed by atoms with van der Waals surface area (Å²) >= 11 is 0. The van der Waals surface area contributed by atoms with Crippen LogP contribution in [0, 0.1) is 16.7 Å². The minimum atomic E-state index is -0.540. The molecule has 5 heteroatoms. The van der Waals surface area contributed by atoms with Crippen LogP contribution in [-0.4, -0.2) is 31.2 Å². The highest BCUT2D eigenvalue weighted by Gasteiger charge is 2.30. The molecule has 3 N–H and O–H groups in total. The average Bonchev–Trinajstić information content (AvgIpc) is 2.74. The first-order valence-corrected chi connectivity index (χ1v) is 5.53. The molecule has 1 aliphatic heterocycles. The SMILES string of the molecule is CC(C)(C#N)CNC(=O)C1CCC(CN)O1. The molecule has 0 radical (unpaired) electrons. The van der Waals surface area contributed by atoms with Gasteiger partial charge in [0.2, 0.25) is 5.91 Å². The van der Waals surface area contributed by atoms with Gasteiger partial charge in [-0.3, -0.25) is 4.79 Å². The fourth-order valence-corrected chi connectivity index (χ4v) is 1.53. The quantitative estimate of drug-likeness (QED) is 0.713. The van der Waals surface area contributed by atoms with Gasteiger partial charge in [-0.15, -0.1) is 0 Å². The average molecular weight is 225 g/mol. The number of ether oxygens (including phenoxy) is 1. The van der Waals surface area contributed by atoms with Crippen molar-refractivity contribution in [2.45, 2.75) is 38.9 Å². The molecule has 1 heterocycles. The number of rotatable bonds is 4. The van der Waals surface area contributed by atoms with Crippen molar-refractivity contribution in [3.05, 3.63) is 0 Å². The van der Waals surface area contributed by atoms with E-state index in [1.807, 2.05) is 0 Å². The molecule has 0 aliphatic carbocycles. The Morgan fingerprint density at radius 2 is 2.31 bits per heavy atom. The fraction of sp³-hybridized carbons (Fsp3) is 0.818. The van der Waals surface area contributed by atoms with Crippen LogP contribution >= 0.6 is 0 Å². The van der Waals surface area contributed by atoms with Gasteiger partial charge in [-0.1, -0.05) is 0 Å². The van der Waals surface area contributed by atoms with Crippen molar-refractivity contribution < 1.29 is 9.53 Å². The van der Waals surface area contributed by atoms with E-state index in [2.05, 4.69) is 11.4 Å². The van der Waals surface area contributed by atoms with Gasteiger partial charge in [-0.05, 0) is 26.7 Å². The molecule has 1 rings (SSSR count). The van der Waals surface area contributed by atoms with Crippen molar-refractivity contribution >= 4 is 5.91 Å². The summed E-state index contributed by atoms with van der Waals surface area (Å²) in [5, 5.41) is 11.5. The lowest BCUT2D eigenvalue weighted by atomic mass is 9.96. The largest absolute Gasteiger partial charge is 0.364 e. The molecule has 1 fully saturated rings. The molecule has 0 bridgehead atoms. The van der Waals surface area contributed by atoms with Crippen molar-refractivity contribution in [1.29, 1.82) is 5.26 Å². The first kappa shape index (κ1) is 12.9. The standard InChI is InChI=1S/C11H19N3O2/c1-11(2,6-13)7-14-10(15)9-4-3-8(5-12)16-9/h8-9H,3-5,7,12H2,1-2H3,(H,14,15). The van der Waals surface area contributed by atoms with Crippen LogP contribution in [0.15, 0.2) is 0 Å². The van der Waals surface area contributed by atoms with Crippen LogP contribution in [0.25, 0.3) is 0 Å². The van der Waals surface area contributed by atoms with E-state index in [4.69, 9.17) is 15.7 Å². The predicted molar refractivity (Wildman–Crippen MR) is 59.4 cm³/mol. The lowest BCUT2D eigenvalue weighted by Gasteiger charge is -2.18. The van der Waals surface area contributed by atoms with Gasteiger partial charge in [-0.25, -0.2) is 0 Å². The van der Waals surface area contributed by atoms with Gasteiger partial charge in [0.25, 0.3) is 0 Å². The van der Waals surface area contributed by atoms with Crippen LogP contribution in [0.3, 0.4) is 0 Å². The predicted octanol–water partition coefficient (Wildman–Crippen LogP) is 0.159. The summed E-state index contributed by atoms with van der Waals surface area (Å²) in [5.74, 6) is -0.140. The first-order chi connectivity index (χ1) is 7.48. The van der Waals surface area contributed by atoms with Gasteiger partial charge >= 0.3 is 0 Å². The van der Waals surface area contributed by atoms with Crippen LogP contribution in [0.1, 0.15) is 26.7 Å². The second-order valence-corrected chi connectivity index (χ2v) is 4.77. The van der Waals surface area contributed by atoms with E-state index in [9.17, 15) is 4.79 Å². The summed E-state index contributed by atoms with van der Waals surface area (Å²) < 4.78 is 5.45. The molecule has 16 heavy (non-hydrogen) atoms. The number of nitrogens with one attached hydrogen (secondary N) is 1. The van der Waals surface area contributed by atoms with Crippen molar-refractivity contribution in [2.75, 3.05) is 13.1 Å². The number of nitrogens with zero attached hydrogens (tertiary/aromatic N) is 1. The molecule has 2 unspecified atom stereocenters. The second-order valence-electron chi connectivity index (χ2n) is 4.77. The third kappa shape index (κ3) is 3.47. The molecular formula is C11H19N3O2. The molecule has 5 nitrogen and oxygen atoms in total. The van der Waals surface area contributed by atoms with Crippen LogP contribution < -0.4 is 11.1 Å². The van der Waals surface area contributed by atoms with Crippen LogP contribution in [0.5, 0.6) is 0 Å². The Morgan fingerprint density at radius 1 is 1.62 bits per heavy atom. The Hall–Kier alpha value is -1.12. The van der Waals surface area contributed by atoms with E-state index in [1.54, 1.807) is 13.8 Å². The summed E-state index contributed by atoms with van der Waals surface area (Å²) in [7, 11) is 0. The number of amides is 1. The zero-order valence-electron chi connectivity index (χ0n) is 9.82. The lowest BCUT2D eigenvalue weighted by Crippen LogP contribution is -2.40. The monoisotopic (exact) mass is 225 g/mol. The summed E-state index contributed by atoms with van der Waals surface area (Å²) in [6.07, 6.45) is 1.14. The number of nitriles is 1. The number of hydrogen-bond acceptors (Lipinski definition) is 4. The topological polar surface area (TPSA) is 88.1 Å². The molecule has 0 saturated carbocycles. The molecule has 0 aromatic carbocycles. The summed E-state index contributed by atoms with van der Waals surface area (Å²) in [6, 6.07) is 2.13. The molecule has 1 saturated heterocycles. The van der Waals surface area contributed by atoms with Gasteiger partial charge in [0.05, 0.1) is 17.6 Å². The first-order valence-electron chi connectivity index (χ1n) is 5.53. The minimum absolute atomic E-state index is 0.000253. The Bertz CT molecular complexity index is 296. The van der Waals surface area contributed by atoms with Crippen molar-refractivity contribution in [2.24, 2.45) is 11.1 Å². The van der Waals surface area contributed by atoms with Gasteiger partial charge in [0.15, 0.2) is 0 Å². The Labute approximate surface area is 95.9 Å². The highest BCUT2D eigenvalue weighted by molar-refractivity contribution is 5.81. The van der Waals surface area contributed by atoms with E-state index in [1.165, 1.54) is 0 Å². The van der Waals surface area contributed by atoms with Gasteiger partial charge < -0.3 is 15.8 Å². The number of carbonyl (C=O) groups excluding carboxylic acids is 1. The van der Waals surface area contributed by atoms with E-state index >= 15 is 0 Å². The molecule has 1 amide bonds. The molecule has 0 aromatic heterocycles. The van der Waals surface area contributed by atoms with Gasteiger partial charge in [-0.2, -0.15) is 5.26 Å². The molecule has 90 valence electrons. The molecule has 1 aliphatic rings. The molecule has 2 atom stereocenters. The van der Waals surface area contributed by atoms with Gasteiger partial charge in [0, 0.05) is 13.1 Å². The van der Waals surface area contributed by atoms with Crippen LogP contribution in [0.2, 0.25) is 0 Å². The normalized spacial score (nSPS) is 25.1. The smallest absolute Gasteiger partial charge is 0.249 e. The number of hydrogen-bond donors (Lipinski definition) is 2. The van der Waals surface area contributed by atoms with Gasteiger partial charge in [0.1, 0.15) is 6.10 Å². The lowest BCUT2D eigenvalue weighted by molar-refractivity contribution is -0.132. The highest BCUT2D eigenvalue weighted by atomic mass is 16.5. The van der Waals surface area contributed by atoms with Crippen LogP contribution in [-0.2, 0) is 9.53 Å². The fourth-order valence-electron chi connectivity index (χ4n) is 1.53. The van der Waals surface area contributed by atoms with E-state index in [0.29, 0.717) is 19.5 Å². The van der Waals surface area contributed by atoms with Crippen molar-refractivity contribution in [3.8, 4) is 6.07 Å². The van der Waals surface area contributed by atoms with E-state index < -0.39 is 11.5 Å². The maximum absolute atomic E-state index is 11.7. The third-order valence-corrected chi connectivity index (χ3v) is 2.67. The number of carbonyl (C=O) groups is 1.